The average Bonchev–Trinajstić information content (AvgIpc) is 3.30. The summed E-state index contributed by atoms with van der Waals surface area (Å²) in [6, 6.07) is 18.1. The highest BCUT2D eigenvalue weighted by Crippen LogP contribution is 2.19. The number of nitrogens with one attached hydrogen (secondary N) is 2. The molecule has 0 aliphatic rings. The van der Waals surface area contributed by atoms with E-state index in [1.165, 1.54) is 5.56 Å². The second-order valence-electron chi connectivity index (χ2n) is 6.81. The third-order valence-corrected chi connectivity index (χ3v) is 4.71. The van der Waals surface area contributed by atoms with Crippen molar-refractivity contribution in [2.45, 2.75) is 39.3 Å². The zero-order chi connectivity index (χ0) is 21.3. The molecule has 0 saturated heterocycles. The second-order valence-corrected chi connectivity index (χ2v) is 6.81. The van der Waals surface area contributed by atoms with E-state index in [0.717, 1.165) is 6.42 Å². The smallest absolute Gasteiger partial charge is 0.265 e. The Balaban J connectivity index is 1.66. The molecule has 6 heteroatoms. The molecule has 6 nitrogen and oxygen atoms in total. The molecule has 0 aliphatic heterocycles. The molecule has 1 atom stereocenters. The van der Waals surface area contributed by atoms with E-state index in [2.05, 4.69) is 17.6 Å². The van der Waals surface area contributed by atoms with Crippen molar-refractivity contribution in [2.75, 3.05) is 5.32 Å². The molecule has 0 bridgehead atoms. The number of aryl methyl sites for hydroxylation is 1. The summed E-state index contributed by atoms with van der Waals surface area (Å²) in [5, 5.41) is 5.62. The van der Waals surface area contributed by atoms with Gasteiger partial charge in [0.25, 0.3) is 11.8 Å². The topological polar surface area (TPSA) is 80.6 Å². The average molecular weight is 406 g/mol. The molecule has 0 fully saturated rings. The third kappa shape index (κ3) is 5.50. The minimum atomic E-state index is -0.670. The minimum absolute atomic E-state index is 0.266. The lowest BCUT2D eigenvalue weighted by molar-refractivity contribution is -0.122. The van der Waals surface area contributed by atoms with Gasteiger partial charge in [0.15, 0.2) is 6.10 Å². The Hall–Kier alpha value is -3.54. The standard InChI is InChI=1S/C24H26N2O4/c1-3-17-11-13-18(14-12-17)30-22(4-2)24(28)26-21-10-6-5-9-20(21)23(27)25-16-19-8-7-15-29-19/h5-15,22H,3-4,16H2,1-2H3,(H,25,27)(H,26,28)/t22-/m0/s1. The van der Waals surface area contributed by atoms with Crippen LogP contribution in [-0.4, -0.2) is 17.9 Å². The van der Waals surface area contributed by atoms with Crippen molar-refractivity contribution >= 4 is 17.5 Å². The van der Waals surface area contributed by atoms with Gasteiger partial charge in [-0.3, -0.25) is 9.59 Å². The normalized spacial score (nSPS) is 11.5. The summed E-state index contributed by atoms with van der Waals surface area (Å²) in [4.78, 5) is 25.4. The molecule has 0 spiro atoms. The van der Waals surface area contributed by atoms with Gasteiger partial charge >= 0.3 is 0 Å². The molecule has 156 valence electrons. The number of rotatable bonds is 9. The fraction of sp³-hybridized carbons (Fsp3) is 0.250. The van der Waals surface area contributed by atoms with Gasteiger partial charge in [0.05, 0.1) is 24.1 Å². The van der Waals surface area contributed by atoms with Gasteiger partial charge in [0, 0.05) is 0 Å². The first-order chi connectivity index (χ1) is 14.6. The Morgan fingerprint density at radius 2 is 1.77 bits per heavy atom. The van der Waals surface area contributed by atoms with Gasteiger partial charge in [-0.25, -0.2) is 0 Å². The predicted octanol–water partition coefficient (Wildman–Crippen LogP) is 4.57. The predicted molar refractivity (Wildman–Crippen MR) is 115 cm³/mol. The molecule has 0 aliphatic carbocycles. The Kier molecular flexibility index (Phi) is 7.27. The van der Waals surface area contributed by atoms with Crippen LogP contribution in [0, 0.1) is 0 Å². The van der Waals surface area contributed by atoms with Crippen LogP contribution in [0.5, 0.6) is 5.75 Å². The van der Waals surface area contributed by atoms with Crippen LogP contribution in [0.25, 0.3) is 0 Å². The van der Waals surface area contributed by atoms with E-state index in [1.807, 2.05) is 31.2 Å². The van der Waals surface area contributed by atoms with Crippen molar-refractivity contribution in [3.05, 3.63) is 83.8 Å². The van der Waals surface area contributed by atoms with E-state index in [0.29, 0.717) is 29.2 Å². The van der Waals surface area contributed by atoms with Crippen molar-refractivity contribution in [2.24, 2.45) is 0 Å². The Bertz CT molecular complexity index is 965. The van der Waals surface area contributed by atoms with Gasteiger partial charge in [-0.2, -0.15) is 0 Å². The molecule has 3 rings (SSSR count). The summed E-state index contributed by atoms with van der Waals surface area (Å²) in [6.07, 6.45) is 2.32. The van der Waals surface area contributed by atoms with Crippen LogP contribution >= 0.6 is 0 Å². The molecular formula is C24H26N2O4. The van der Waals surface area contributed by atoms with Crippen LogP contribution in [0.1, 0.15) is 41.9 Å². The SMILES string of the molecule is CCc1ccc(O[C@@H](CC)C(=O)Nc2ccccc2C(=O)NCc2ccco2)cc1. The molecular weight excluding hydrogens is 380 g/mol. The highest BCUT2D eigenvalue weighted by atomic mass is 16.5. The number of hydrogen-bond acceptors (Lipinski definition) is 4. The van der Waals surface area contributed by atoms with Crippen molar-refractivity contribution in [1.29, 1.82) is 0 Å². The lowest BCUT2D eigenvalue weighted by atomic mass is 10.1. The summed E-state index contributed by atoms with van der Waals surface area (Å²) < 4.78 is 11.1. The molecule has 0 radical (unpaired) electrons. The fourth-order valence-corrected chi connectivity index (χ4v) is 2.97. The van der Waals surface area contributed by atoms with Crippen LogP contribution < -0.4 is 15.4 Å². The summed E-state index contributed by atoms with van der Waals surface area (Å²) in [5.41, 5.74) is 2.01. The number of carbonyl (C=O) groups excluding carboxylic acids is 2. The van der Waals surface area contributed by atoms with Gasteiger partial charge in [-0.15, -0.1) is 0 Å². The summed E-state index contributed by atoms with van der Waals surface area (Å²) in [6.45, 7) is 4.23. The van der Waals surface area contributed by atoms with E-state index in [-0.39, 0.29) is 18.4 Å². The molecule has 3 aromatic rings. The molecule has 1 heterocycles. The van der Waals surface area contributed by atoms with E-state index in [1.54, 1.807) is 42.7 Å². The fourth-order valence-electron chi connectivity index (χ4n) is 2.97. The maximum absolute atomic E-state index is 12.8. The van der Waals surface area contributed by atoms with E-state index in [9.17, 15) is 9.59 Å². The van der Waals surface area contributed by atoms with Crippen molar-refractivity contribution in [3.63, 3.8) is 0 Å². The lowest BCUT2D eigenvalue weighted by Crippen LogP contribution is -2.33. The maximum atomic E-state index is 12.8. The van der Waals surface area contributed by atoms with Gasteiger partial charge in [-0.05, 0) is 54.8 Å². The second kappa shape index (κ2) is 10.3. The van der Waals surface area contributed by atoms with Crippen LogP contribution in [0.3, 0.4) is 0 Å². The number of ether oxygens (including phenoxy) is 1. The van der Waals surface area contributed by atoms with Gasteiger partial charge in [-0.1, -0.05) is 38.1 Å². The first-order valence-electron chi connectivity index (χ1n) is 10.1. The van der Waals surface area contributed by atoms with Crippen LogP contribution in [0.15, 0.2) is 71.3 Å². The van der Waals surface area contributed by atoms with Gasteiger partial charge in [0.1, 0.15) is 11.5 Å². The lowest BCUT2D eigenvalue weighted by Gasteiger charge is -2.18. The summed E-state index contributed by atoms with van der Waals surface area (Å²) in [7, 11) is 0. The minimum Gasteiger partial charge on any atom is -0.481 e. The Labute approximate surface area is 176 Å². The molecule has 2 amide bonds. The quantitative estimate of drug-likeness (QED) is 0.546. The van der Waals surface area contributed by atoms with Crippen molar-refractivity contribution in [3.8, 4) is 5.75 Å². The molecule has 2 N–H and O–H groups in total. The van der Waals surface area contributed by atoms with Crippen molar-refractivity contribution < 1.29 is 18.7 Å². The largest absolute Gasteiger partial charge is 0.481 e. The number of furan rings is 1. The maximum Gasteiger partial charge on any atom is 0.265 e. The molecule has 0 unspecified atom stereocenters. The molecule has 30 heavy (non-hydrogen) atoms. The first kappa shape index (κ1) is 21.2. The zero-order valence-corrected chi connectivity index (χ0v) is 17.2. The summed E-state index contributed by atoms with van der Waals surface area (Å²) >= 11 is 0. The number of hydrogen-bond donors (Lipinski definition) is 2. The highest BCUT2D eigenvalue weighted by molar-refractivity contribution is 6.04. The third-order valence-electron chi connectivity index (χ3n) is 4.71. The number of benzene rings is 2. The zero-order valence-electron chi connectivity index (χ0n) is 17.2. The van der Waals surface area contributed by atoms with Gasteiger partial charge < -0.3 is 19.8 Å². The van der Waals surface area contributed by atoms with Crippen LogP contribution in [0.4, 0.5) is 5.69 Å². The number of anilines is 1. The van der Waals surface area contributed by atoms with Gasteiger partial charge in [0.2, 0.25) is 0 Å². The molecule has 2 aromatic carbocycles. The number of para-hydroxylation sites is 1. The van der Waals surface area contributed by atoms with E-state index >= 15 is 0 Å². The Morgan fingerprint density at radius 1 is 1.00 bits per heavy atom. The molecule has 1 aromatic heterocycles. The number of amides is 2. The first-order valence-corrected chi connectivity index (χ1v) is 10.1. The monoisotopic (exact) mass is 406 g/mol. The highest BCUT2D eigenvalue weighted by Gasteiger charge is 2.21. The van der Waals surface area contributed by atoms with E-state index in [4.69, 9.17) is 9.15 Å². The van der Waals surface area contributed by atoms with E-state index < -0.39 is 6.10 Å². The van der Waals surface area contributed by atoms with Crippen LogP contribution in [-0.2, 0) is 17.8 Å². The molecule has 0 saturated carbocycles. The summed E-state index contributed by atoms with van der Waals surface area (Å²) in [5.74, 6) is 0.687. The Morgan fingerprint density at radius 3 is 2.43 bits per heavy atom. The van der Waals surface area contributed by atoms with Crippen molar-refractivity contribution in [1.82, 2.24) is 5.32 Å². The number of carbonyl (C=O) groups is 2. The van der Waals surface area contributed by atoms with Crippen LogP contribution in [0.2, 0.25) is 0 Å².